The smallest absolute Gasteiger partial charge is 0.376 e. The molecule has 3 nitrogen and oxygen atoms in total. The van der Waals surface area contributed by atoms with Crippen molar-refractivity contribution in [1.82, 2.24) is 0 Å². The third-order valence-corrected chi connectivity index (χ3v) is 8.20. The first-order valence-corrected chi connectivity index (χ1v) is 13.8. The topological polar surface area (TPSA) is 40.1 Å². The number of unbranched alkanes of at least 4 members (excludes halogenated alkanes) is 11. The second kappa shape index (κ2) is 18.1. The van der Waals surface area contributed by atoms with Crippen LogP contribution in [0.1, 0.15) is 117 Å². The zero-order chi connectivity index (χ0) is 22.7. The molecule has 0 radical (unpaired) electrons. The monoisotopic (exact) mass is 440 g/mol. The average Bonchev–Trinajstić information content (AvgIpc) is 2.68. The van der Waals surface area contributed by atoms with Crippen molar-refractivity contribution in [2.24, 2.45) is 0 Å². The lowest BCUT2D eigenvalue weighted by molar-refractivity contribution is -0.910. The first-order valence-electron chi connectivity index (χ1n) is 12.6. The standard InChI is InChI=1S/C26H51NO2P/c1-6-8-9-10-11-12-13-14-15-16-17-18-19-20-21-22-23-24-25-26(7-2,30(28)29)27(3,4)5/h9-10,15-16H,6-8,11-14,17-25H2,1-5H3/q+1/b10-9-,16-15-. The molecule has 2 atom stereocenters. The molecule has 0 N–H and O–H groups in total. The van der Waals surface area contributed by atoms with Crippen LogP contribution in [0.3, 0.4) is 0 Å². The lowest BCUT2D eigenvalue weighted by Crippen LogP contribution is -2.55. The molecule has 0 aromatic heterocycles. The van der Waals surface area contributed by atoms with Crippen LogP contribution in [0.4, 0.5) is 0 Å². The van der Waals surface area contributed by atoms with E-state index in [9.17, 15) is 9.46 Å². The predicted octanol–water partition coefficient (Wildman–Crippen LogP) is 7.89. The zero-order valence-corrected chi connectivity index (χ0v) is 21.7. The quantitative estimate of drug-likeness (QED) is 0.0835. The molecule has 0 amide bonds. The van der Waals surface area contributed by atoms with E-state index in [2.05, 4.69) is 31.2 Å². The largest absolute Gasteiger partial charge is 0.590 e. The Hall–Kier alpha value is -0.500. The van der Waals surface area contributed by atoms with Crippen molar-refractivity contribution >= 4 is 8.03 Å². The number of hydrogen-bond acceptors (Lipinski definition) is 2. The number of nitrogens with zero attached hydrogens (tertiary/aromatic N) is 1. The van der Waals surface area contributed by atoms with Crippen LogP contribution < -0.4 is 4.89 Å². The summed E-state index contributed by atoms with van der Waals surface area (Å²) in [4.78, 5) is 11.9. The summed E-state index contributed by atoms with van der Waals surface area (Å²) in [6.45, 7) is 4.23. The Kier molecular flexibility index (Phi) is 17.8. The minimum Gasteiger partial charge on any atom is -0.590 e. The van der Waals surface area contributed by atoms with E-state index < -0.39 is 13.3 Å². The van der Waals surface area contributed by atoms with Gasteiger partial charge in [0.1, 0.15) is 0 Å². The molecule has 176 valence electrons. The molecular weight excluding hydrogens is 389 g/mol. The predicted molar refractivity (Wildman–Crippen MR) is 132 cm³/mol. The molecule has 4 heteroatoms. The van der Waals surface area contributed by atoms with Crippen LogP contribution >= 0.6 is 8.03 Å². The third kappa shape index (κ3) is 13.0. The van der Waals surface area contributed by atoms with Crippen LogP contribution in [0.5, 0.6) is 0 Å². The Morgan fingerprint density at radius 1 is 0.700 bits per heavy atom. The summed E-state index contributed by atoms with van der Waals surface area (Å²) in [6, 6.07) is 0. The SMILES string of the molecule is CCC/C=C\CCCC/C=C\CCCCCCCCCC(CC)([P+](=O)[O-])[N+](C)(C)C. The van der Waals surface area contributed by atoms with Gasteiger partial charge in [0.25, 0.3) is 5.28 Å². The van der Waals surface area contributed by atoms with Crippen LogP contribution in [0.2, 0.25) is 0 Å². The Balaban J connectivity index is 3.63. The number of quaternary nitrogens is 1. The summed E-state index contributed by atoms with van der Waals surface area (Å²) in [7, 11) is 3.61. The molecule has 0 aliphatic carbocycles. The molecule has 0 spiro atoms. The second-order valence-corrected chi connectivity index (χ2v) is 11.0. The molecule has 30 heavy (non-hydrogen) atoms. The highest BCUT2D eigenvalue weighted by molar-refractivity contribution is 7.38. The van der Waals surface area contributed by atoms with E-state index in [4.69, 9.17) is 0 Å². The van der Waals surface area contributed by atoms with Gasteiger partial charge in [-0.2, -0.15) is 0 Å². The highest BCUT2D eigenvalue weighted by atomic mass is 31.1. The Morgan fingerprint density at radius 3 is 1.50 bits per heavy atom. The molecule has 0 rings (SSSR count). The first-order chi connectivity index (χ1) is 14.3. The van der Waals surface area contributed by atoms with E-state index >= 15 is 0 Å². The molecule has 0 fully saturated rings. The third-order valence-electron chi connectivity index (χ3n) is 6.38. The fraction of sp³-hybridized carbons (Fsp3) is 0.846. The summed E-state index contributed by atoms with van der Waals surface area (Å²) in [5.41, 5.74) is 0. The molecule has 0 aromatic carbocycles. The van der Waals surface area contributed by atoms with E-state index in [1.54, 1.807) is 0 Å². The highest BCUT2D eigenvalue weighted by Gasteiger charge is 2.52. The van der Waals surface area contributed by atoms with Crippen LogP contribution in [0, 0.1) is 0 Å². The minimum absolute atomic E-state index is 0.506. The van der Waals surface area contributed by atoms with E-state index in [1.165, 1.54) is 77.0 Å². The summed E-state index contributed by atoms with van der Waals surface area (Å²) >= 11 is 0. The average molecular weight is 441 g/mol. The van der Waals surface area contributed by atoms with Gasteiger partial charge < -0.3 is 4.89 Å². The first kappa shape index (κ1) is 29.5. The Bertz CT molecular complexity index is 482. The molecule has 0 bridgehead atoms. The van der Waals surface area contributed by atoms with Crippen molar-refractivity contribution in [2.75, 3.05) is 21.1 Å². The number of allylic oxidation sites excluding steroid dienone is 4. The molecular formula is C26H51NO2P+. The minimum atomic E-state index is -2.42. The van der Waals surface area contributed by atoms with Gasteiger partial charge in [-0.05, 0) is 51.4 Å². The van der Waals surface area contributed by atoms with Crippen LogP contribution in [0.15, 0.2) is 24.3 Å². The summed E-state index contributed by atoms with van der Waals surface area (Å²) in [6.07, 6.45) is 28.2. The second-order valence-electron chi connectivity index (χ2n) is 9.64. The maximum Gasteiger partial charge on any atom is 0.376 e. The van der Waals surface area contributed by atoms with Crippen molar-refractivity contribution in [2.45, 2.75) is 122 Å². The van der Waals surface area contributed by atoms with Crippen molar-refractivity contribution in [3.63, 3.8) is 0 Å². The maximum atomic E-state index is 11.9. The number of hydrogen-bond donors (Lipinski definition) is 0. The Morgan fingerprint density at radius 2 is 1.10 bits per heavy atom. The molecule has 0 heterocycles. The van der Waals surface area contributed by atoms with Gasteiger partial charge in [-0.1, -0.05) is 81.2 Å². The van der Waals surface area contributed by atoms with E-state index in [0.717, 1.165) is 19.3 Å². The van der Waals surface area contributed by atoms with Crippen LogP contribution in [-0.4, -0.2) is 30.9 Å². The highest BCUT2D eigenvalue weighted by Crippen LogP contribution is 2.44. The van der Waals surface area contributed by atoms with Crippen molar-refractivity contribution in [3.05, 3.63) is 24.3 Å². The van der Waals surface area contributed by atoms with Gasteiger partial charge in [0, 0.05) is 12.8 Å². The zero-order valence-electron chi connectivity index (χ0n) is 20.8. The molecule has 2 unspecified atom stereocenters. The van der Waals surface area contributed by atoms with Gasteiger partial charge >= 0.3 is 8.03 Å². The fourth-order valence-corrected chi connectivity index (χ4v) is 5.26. The van der Waals surface area contributed by atoms with E-state index in [0.29, 0.717) is 10.9 Å². The lowest BCUT2D eigenvalue weighted by Gasteiger charge is -2.39. The Labute approximate surface area is 189 Å². The fourth-order valence-electron chi connectivity index (χ4n) is 4.17. The summed E-state index contributed by atoms with van der Waals surface area (Å²) in [5, 5.41) is -0.604. The molecule has 0 saturated heterocycles. The van der Waals surface area contributed by atoms with Gasteiger partial charge in [0.15, 0.2) is 0 Å². The van der Waals surface area contributed by atoms with Crippen LogP contribution in [0.25, 0.3) is 0 Å². The van der Waals surface area contributed by atoms with E-state index in [1.807, 2.05) is 28.1 Å². The molecule has 0 aliphatic heterocycles. The van der Waals surface area contributed by atoms with Crippen molar-refractivity contribution < 1.29 is 13.9 Å². The summed E-state index contributed by atoms with van der Waals surface area (Å²) in [5.74, 6) is 0. The number of rotatable bonds is 20. The molecule has 0 aromatic rings. The molecule has 0 aliphatic rings. The lowest BCUT2D eigenvalue weighted by atomic mass is 10.0. The van der Waals surface area contributed by atoms with Gasteiger partial charge in [-0.3, -0.25) is 4.48 Å². The molecule has 0 saturated carbocycles. The van der Waals surface area contributed by atoms with Crippen molar-refractivity contribution in [1.29, 1.82) is 0 Å². The van der Waals surface area contributed by atoms with E-state index in [-0.39, 0.29) is 0 Å². The normalized spacial score (nSPS) is 15.2. The van der Waals surface area contributed by atoms with Gasteiger partial charge in [0.05, 0.1) is 21.1 Å². The van der Waals surface area contributed by atoms with Gasteiger partial charge in [-0.15, -0.1) is 0 Å². The van der Waals surface area contributed by atoms with Gasteiger partial charge in [0.2, 0.25) is 0 Å². The van der Waals surface area contributed by atoms with Gasteiger partial charge in [-0.25, -0.2) is 0 Å². The van der Waals surface area contributed by atoms with Crippen molar-refractivity contribution in [3.8, 4) is 0 Å². The van der Waals surface area contributed by atoms with Crippen LogP contribution in [-0.2, 0) is 4.57 Å². The summed E-state index contributed by atoms with van der Waals surface area (Å²) < 4.78 is 12.4. The maximum absolute atomic E-state index is 11.9.